The summed E-state index contributed by atoms with van der Waals surface area (Å²) >= 11 is 2.91. The van der Waals surface area contributed by atoms with Gasteiger partial charge in [-0.25, -0.2) is 0 Å². The molecule has 0 aromatic heterocycles. The molecular formula is C10H15BrN2O. The Hall–Kier alpha value is -0.530. The summed E-state index contributed by atoms with van der Waals surface area (Å²) < 4.78 is 0. The number of likely N-dealkylation sites (tertiary alicyclic amines) is 1. The van der Waals surface area contributed by atoms with E-state index in [1.165, 1.54) is 0 Å². The van der Waals surface area contributed by atoms with Gasteiger partial charge in [0, 0.05) is 40.5 Å². The number of nitrogens with zero attached hydrogens (tertiary/aromatic N) is 1. The monoisotopic (exact) mass is 258 g/mol. The van der Waals surface area contributed by atoms with Gasteiger partial charge in [0.25, 0.3) is 5.91 Å². The van der Waals surface area contributed by atoms with E-state index in [9.17, 15) is 4.79 Å². The molecule has 3 nitrogen and oxygen atoms in total. The van der Waals surface area contributed by atoms with E-state index in [4.69, 9.17) is 0 Å². The fourth-order valence-electron chi connectivity index (χ4n) is 1.68. The fraction of sp³-hybridized carbons (Fsp3) is 0.700. The minimum Gasteiger partial charge on any atom is -0.342 e. The van der Waals surface area contributed by atoms with Gasteiger partial charge in [0.2, 0.25) is 0 Å². The smallest absolute Gasteiger partial charge is 0.296 e. The Balaban J connectivity index is 2.39. The lowest BCUT2D eigenvalue weighted by atomic mass is 9.99. The Kier molecular flexibility index (Phi) is 4.43. The second-order valence-corrected chi connectivity index (χ2v) is 4.14. The molecule has 4 heteroatoms. The quantitative estimate of drug-likeness (QED) is 0.711. The zero-order chi connectivity index (χ0) is 10.6. The zero-order valence-electron chi connectivity index (χ0n) is 8.51. The first-order chi connectivity index (χ1) is 6.63. The molecule has 0 bridgehead atoms. The average Bonchev–Trinajstić information content (AvgIpc) is 2.12. The van der Waals surface area contributed by atoms with Crippen molar-refractivity contribution in [3.05, 3.63) is 0 Å². The number of carbonyl (C=O) groups excluding carboxylic acids is 1. The largest absolute Gasteiger partial charge is 0.342 e. The van der Waals surface area contributed by atoms with E-state index in [1.54, 1.807) is 0 Å². The molecule has 2 atom stereocenters. The standard InChI is InChI=1S/C10H15BrN2O/c1-8-7-9(4-6-13(8)2)12-10(14)3-5-11/h8-9H,4,6-7H2,1-2H3,(H,12,14). The highest BCUT2D eigenvalue weighted by atomic mass is 79.9. The maximum absolute atomic E-state index is 11.2. The van der Waals surface area contributed by atoms with Gasteiger partial charge in [-0.1, -0.05) is 0 Å². The van der Waals surface area contributed by atoms with E-state index in [1.807, 2.05) is 0 Å². The number of hydrogen-bond acceptors (Lipinski definition) is 2. The predicted molar refractivity (Wildman–Crippen MR) is 60.0 cm³/mol. The first-order valence-electron chi connectivity index (χ1n) is 4.76. The van der Waals surface area contributed by atoms with Crippen molar-refractivity contribution in [2.75, 3.05) is 13.6 Å². The molecule has 1 aliphatic heterocycles. The summed E-state index contributed by atoms with van der Waals surface area (Å²) in [4.78, 5) is 15.9. The van der Waals surface area contributed by atoms with Gasteiger partial charge >= 0.3 is 0 Å². The molecule has 0 aromatic rings. The molecule has 1 aliphatic rings. The predicted octanol–water partition coefficient (Wildman–Crippen LogP) is 0.941. The Morgan fingerprint density at radius 3 is 2.93 bits per heavy atom. The molecule has 0 aromatic carbocycles. The summed E-state index contributed by atoms with van der Waals surface area (Å²) in [7, 11) is 2.11. The molecule has 0 spiro atoms. The van der Waals surface area contributed by atoms with Crippen molar-refractivity contribution >= 4 is 21.8 Å². The molecule has 0 saturated carbocycles. The van der Waals surface area contributed by atoms with Crippen LogP contribution in [0.5, 0.6) is 0 Å². The van der Waals surface area contributed by atoms with Gasteiger partial charge in [0.1, 0.15) is 0 Å². The van der Waals surface area contributed by atoms with Crippen LogP contribution in [0.25, 0.3) is 0 Å². The van der Waals surface area contributed by atoms with Crippen LogP contribution in [0.2, 0.25) is 0 Å². The first-order valence-corrected chi connectivity index (χ1v) is 5.55. The average molecular weight is 259 g/mol. The molecular weight excluding hydrogens is 244 g/mol. The minimum atomic E-state index is -0.191. The van der Waals surface area contributed by atoms with Crippen molar-refractivity contribution in [1.29, 1.82) is 0 Å². The van der Waals surface area contributed by atoms with Crippen LogP contribution in [0.15, 0.2) is 0 Å². The van der Waals surface area contributed by atoms with Crippen molar-refractivity contribution in [3.63, 3.8) is 0 Å². The van der Waals surface area contributed by atoms with Gasteiger partial charge in [0.05, 0.1) is 0 Å². The van der Waals surface area contributed by atoms with E-state index in [-0.39, 0.29) is 11.9 Å². The van der Waals surface area contributed by atoms with Crippen molar-refractivity contribution in [3.8, 4) is 10.8 Å². The molecule has 1 N–H and O–H groups in total. The summed E-state index contributed by atoms with van der Waals surface area (Å²) in [5, 5.41) is 2.90. The fourth-order valence-corrected chi connectivity index (χ4v) is 1.86. The van der Waals surface area contributed by atoms with Crippen LogP contribution in [-0.4, -0.2) is 36.5 Å². The third kappa shape index (κ3) is 3.32. The van der Waals surface area contributed by atoms with Crippen molar-refractivity contribution in [1.82, 2.24) is 10.2 Å². The Morgan fingerprint density at radius 2 is 2.36 bits per heavy atom. The van der Waals surface area contributed by atoms with Gasteiger partial charge in [0.15, 0.2) is 0 Å². The minimum absolute atomic E-state index is 0.191. The molecule has 1 heterocycles. The van der Waals surface area contributed by atoms with E-state index in [0.29, 0.717) is 6.04 Å². The molecule has 0 radical (unpaired) electrons. The summed E-state index contributed by atoms with van der Waals surface area (Å²) in [5.41, 5.74) is 0. The Labute approximate surface area is 93.4 Å². The number of hydrogen-bond donors (Lipinski definition) is 1. The molecule has 1 fully saturated rings. The lowest BCUT2D eigenvalue weighted by Crippen LogP contribution is -2.47. The second-order valence-electron chi connectivity index (χ2n) is 3.74. The third-order valence-corrected chi connectivity index (χ3v) is 2.90. The maximum Gasteiger partial charge on any atom is 0.296 e. The number of carbonyl (C=O) groups is 1. The van der Waals surface area contributed by atoms with Gasteiger partial charge in [-0.2, -0.15) is 0 Å². The van der Waals surface area contributed by atoms with Gasteiger partial charge in [-0.3, -0.25) is 4.79 Å². The summed E-state index contributed by atoms with van der Waals surface area (Å²) in [6, 6.07) is 0.813. The second kappa shape index (κ2) is 5.38. The highest BCUT2D eigenvalue weighted by Crippen LogP contribution is 2.14. The third-order valence-electron chi connectivity index (χ3n) is 2.70. The first kappa shape index (κ1) is 11.5. The van der Waals surface area contributed by atoms with Crippen molar-refractivity contribution in [2.24, 2.45) is 0 Å². The molecule has 1 saturated heterocycles. The normalized spacial score (nSPS) is 27.6. The van der Waals surface area contributed by atoms with Crippen LogP contribution in [0.1, 0.15) is 19.8 Å². The lowest BCUT2D eigenvalue weighted by molar-refractivity contribution is -0.116. The van der Waals surface area contributed by atoms with Crippen LogP contribution < -0.4 is 5.32 Å². The number of rotatable bonds is 1. The van der Waals surface area contributed by atoms with Crippen molar-refractivity contribution in [2.45, 2.75) is 31.8 Å². The van der Waals surface area contributed by atoms with Gasteiger partial charge in [-0.15, -0.1) is 0 Å². The van der Waals surface area contributed by atoms with Crippen LogP contribution in [0.3, 0.4) is 0 Å². The van der Waals surface area contributed by atoms with Crippen LogP contribution in [0, 0.1) is 10.8 Å². The summed E-state index contributed by atoms with van der Waals surface area (Å²) in [5.74, 6) is 2.23. The van der Waals surface area contributed by atoms with Crippen molar-refractivity contribution < 1.29 is 4.79 Å². The van der Waals surface area contributed by atoms with E-state index in [0.717, 1.165) is 19.4 Å². The van der Waals surface area contributed by atoms with E-state index >= 15 is 0 Å². The topological polar surface area (TPSA) is 32.3 Å². The molecule has 2 unspecified atom stereocenters. The highest BCUT2D eigenvalue weighted by Gasteiger charge is 2.23. The van der Waals surface area contributed by atoms with Crippen LogP contribution >= 0.6 is 15.9 Å². The zero-order valence-corrected chi connectivity index (χ0v) is 10.1. The number of piperidine rings is 1. The van der Waals surface area contributed by atoms with E-state index < -0.39 is 0 Å². The Bertz CT molecular complexity index is 269. The summed E-state index contributed by atoms with van der Waals surface area (Å²) in [6.07, 6.45) is 2.02. The van der Waals surface area contributed by atoms with Gasteiger partial charge in [-0.05, 0) is 31.6 Å². The van der Waals surface area contributed by atoms with E-state index in [2.05, 4.69) is 50.9 Å². The molecule has 1 rings (SSSR count). The number of amides is 1. The summed E-state index contributed by atoms with van der Waals surface area (Å²) in [6.45, 7) is 3.21. The molecule has 1 amide bonds. The molecule has 14 heavy (non-hydrogen) atoms. The maximum atomic E-state index is 11.2. The lowest BCUT2D eigenvalue weighted by Gasteiger charge is -2.34. The molecule has 78 valence electrons. The van der Waals surface area contributed by atoms with Gasteiger partial charge < -0.3 is 10.2 Å². The van der Waals surface area contributed by atoms with Crippen LogP contribution in [0.4, 0.5) is 0 Å². The number of halogens is 1. The Morgan fingerprint density at radius 1 is 1.64 bits per heavy atom. The number of nitrogens with one attached hydrogen (secondary N) is 1. The molecule has 0 aliphatic carbocycles. The SMILES string of the molecule is CC1CC(NC(=O)C#CBr)CCN1C. The van der Waals surface area contributed by atoms with Crippen LogP contribution in [-0.2, 0) is 4.79 Å². The highest BCUT2D eigenvalue weighted by molar-refractivity contribution is 9.12.